The number of benzene rings is 2. The first-order valence-corrected chi connectivity index (χ1v) is 8.74. The molecule has 0 aliphatic rings. The zero-order valence-electron chi connectivity index (χ0n) is 16.1. The molecular weight excluding hydrogens is 404 g/mol. The van der Waals surface area contributed by atoms with Crippen LogP contribution in [-0.2, 0) is 9.53 Å². The fourth-order valence-corrected chi connectivity index (χ4v) is 2.61. The SMILES string of the molecule is COc1cc(C(=O)O[C@@H](C)C(=O)Nc2cc([N+](=O)[O-])ccc2Cl)cc(OC)c1C. The van der Waals surface area contributed by atoms with Gasteiger partial charge in [0.15, 0.2) is 6.10 Å². The molecule has 154 valence electrons. The smallest absolute Gasteiger partial charge is 0.339 e. The highest BCUT2D eigenvalue weighted by molar-refractivity contribution is 6.33. The van der Waals surface area contributed by atoms with Gasteiger partial charge in [0.05, 0.1) is 35.4 Å². The van der Waals surface area contributed by atoms with Crippen molar-refractivity contribution >= 4 is 34.9 Å². The van der Waals surface area contributed by atoms with Crippen molar-refractivity contribution in [2.45, 2.75) is 20.0 Å². The standard InChI is InChI=1S/C19H19ClN2O7/c1-10-16(27-3)7-12(8-17(10)28-4)19(24)29-11(2)18(23)21-15-9-13(22(25)26)5-6-14(15)20/h5-9,11H,1-4H3,(H,21,23)/t11-/m0/s1. The minimum atomic E-state index is -1.20. The lowest BCUT2D eigenvalue weighted by molar-refractivity contribution is -0.384. The number of nitrogens with one attached hydrogen (secondary N) is 1. The molecule has 1 atom stereocenters. The molecule has 0 radical (unpaired) electrons. The molecule has 0 aliphatic carbocycles. The molecule has 0 spiro atoms. The fraction of sp³-hybridized carbons (Fsp3) is 0.263. The second-order valence-corrected chi connectivity index (χ2v) is 6.37. The summed E-state index contributed by atoms with van der Waals surface area (Å²) in [5.41, 5.74) is 0.635. The number of rotatable bonds is 7. The predicted octanol–water partition coefficient (Wildman–Crippen LogP) is 3.76. The molecule has 0 fully saturated rings. The van der Waals surface area contributed by atoms with Crippen molar-refractivity contribution in [2.24, 2.45) is 0 Å². The molecule has 9 nitrogen and oxygen atoms in total. The highest BCUT2D eigenvalue weighted by Crippen LogP contribution is 2.30. The normalized spacial score (nSPS) is 11.3. The monoisotopic (exact) mass is 422 g/mol. The first-order chi connectivity index (χ1) is 13.7. The zero-order valence-corrected chi connectivity index (χ0v) is 16.9. The van der Waals surface area contributed by atoms with Gasteiger partial charge in [-0.25, -0.2) is 4.79 Å². The van der Waals surface area contributed by atoms with Crippen LogP contribution in [0, 0.1) is 17.0 Å². The average Bonchev–Trinajstić information content (AvgIpc) is 2.69. The summed E-state index contributed by atoms with van der Waals surface area (Å²) in [6.07, 6.45) is -1.20. The fourth-order valence-electron chi connectivity index (χ4n) is 2.44. The zero-order chi connectivity index (χ0) is 21.7. The summed E-state index contributed by atoms with van der Waals surface area (Å²) in [5, 5.41) is 13.4. The Labute approximate surface area is 171 Å². The molecular formula is C19H19ClN2O7. The summed E-state index contributed by atoms with van der Waals surface area (Å²) in [5.74, 6) is -0.616. The van der Waals surface area contributed by atoms with E-state index < -0.39 is 22.9 Å². The van der Waals surface area contributed by atoms with Crippen molar-refractivity contribution in [3.05, 3.63) is 56.6 Å². The first-order valence-electron chi connectivity index (χ1n) is 8.36. The third-order valence-electron chi connectivity index (χ3n) is 4.06. The van der Waals surface area contributed by atoms with Gasteiger partial charge in [-0.2, -0.15) is 0 Å². The van der Waals surface area contributed by atoms with Gasteiger partial charge in [-0.1, -0.05) is 11.6 Å². The Hall–Kier alpha value is -3.33. The van der Waals surface area contributed by atoms with Gasteiger partial charge < -0.3 is 19.5 Å². The van der Waals surface area contributed by atoms with Gasteiger partial charge in [-0.05, 0) is 32.0 Å². The van der Waals surface area contributed by atoms with Gasteiger partial charge in [0.2, 0.25) is 0 Å². The molecule has 0 saturated heterocycles. The number of hydrogen-bond donors (Lipinski definition) is 1. The minimum Gasteiger partial charge on any atom is -0.496 e. The molecule has 0 bridgehead atoms. The molecule has 29 heavy (non-hydrogen) atoms. The van der Waals surface area contributed by atoms with Gasteiger partial charge in [0, 0.05) is 17.7 Å². The van der Waals surface area contributed by atoms with Crippen LogP contribution < -0.4 is 14.8 Å². The second-order valence-electron chi connectivity index (χ2n) is 5.96. The molecule has 10 heteroatoms. The number of ether oxygens (including phenoxy) is 3. The predicted molar refractivity (Wildman–Crippen MR) is 106 cm³/mol. The van der Waals surface area contributed by atoms with Crippen molar-refractivity contribution in [3.8, 4) is 11.5 Å². The molecule has 1 N–H and O–H groups in total. The van der Waals surface area contributed by atoms with Crippen LogP contribution >= 0.6 is 11.6 Å². The molecule has 2 aromatic carbocycles. The van der Waals surface area contributed by atoms with Crippen LogP contribution in [0.1, 0.15) is 22.8 Å². The van der Waals surface area contributed by atoms with Gasteiger partial charge in [0.25, 0.3) is 11.6 Å². The minimum absolute atomic E-state index is 0.0347. The number of nitrogens with zero attached hydrogens (tertiary/aromatic N) is 1. The second kappa shape index (κ2) is 9.24. The largest absolute Gasteiger partial charge is 0.496 e. The van der Waals surface area contributed by atoms with Crippen molar-refractivity contribution < 1.29 is 28.7 Å². The summed E-state index contributed by atoms with van der Waals surface area (Å²) in [4.78, 5) is 35.0. The van der Waals surface area contributed by atoms with E-state index in [1.54, 1.807) is 6.92 Å². The highest BCUT2D eigenvalue weighted by atomic mass is 35.5. The quantitative estimate of drug-likeness (QED) is 0.410. The van der Waals surface area contributed by atoms with Gasteiger partial charge >= 0.3 is 5.97 Å². The Morgan fingerprint density at radius 1 is 1.14 bits per heavy atom. The maximum Gasteiger partial charge on any atom is 0.339 e. The molecule has 0 unspecified atom stereocenters. The summed E-state index contributed by atoms with van der Waals surface area (Å²) < 4.78 is 15.6. The van der Waals surface area contributed by atoms with Gasteiger partial charge in [-0.15, -0.1) is 0 Å². The lowest BCUT2D eigenvalue weighted by Gasteiger charge is -2.16. The van der Waals surface area contributed by atoms with Crippen molar-refractivity contribution in [1.82, 2.24) is 0 Å². The Balaban J connectivity index is 2.15. The van der Waals surface area contributed by atoms with Gasteiger partial charge in [-0.3, -0.25) is 14.9 Å². The maximum absolute atomic E-state index is 12.4. The summed E-state index contributed by atoms with van der Waals surface area (Å²) in [6, 6.07) is 6.56. The number of carbonyl (C=O) groups is 2. The van der Waals surface area contributed by atoms with Crippen LogP contribution in [0.15, 0.2) is 30.3 Å². The Kier molecular flexibility index (Phi) is 7.00. The van der Waals surface area contributed by atoms with Crippen LogP contribution in [0.3, 0.4) is 0 Å². The number of non-ortho nitro benzene ring substituents is 1. The number of methoxy groups -OCH3 is 2. The molecule has 0 aromatic heterocycles. The Morgan fingerprint density at radius 2 is 1.72 bits per heavy atom. The van der Waals surface area contributed by atoms with E-state index in [2.05, 4.69) is 5.32 Å². The number of nitro benzene ring substituents is 1. The highest BCUT2D eigenvalue weighted by Gasteiger charge is 2.22. The number of nitro groups is 1. The number of hydrogen-bond acceptors (Lipinski definition) is 7. The van der Waals surface area contributed by atoms with Crippen molar-refractivity contribution in [2.75, 3.05) is 19.5 Å². The lowest BCUT2D eigenvalue weighted by Crippen LogP contribution is -2.30. The van der Waals surface area contributed by atoms with E-state index in [0.29, 0.717) is 17.1 Å². The molecule has 2 aromatic rings. The van der Waals surface area contributed by atoms with Crippen LogP contribution in [0.4, 0.5) is 11.4 Å². The van der Waals surface area contributed by atoms with Crippen molar-refractivity contribution in [1.29, 1.82) is 0 Å². The number of carbonyl (C=O) groups excluding carboxylic acids is 2. The van der Waals surface area contributed by atoms with E-state index in [9.17, 15) is 19.7 Å². The van der Waals surface area contributed by atoms with Crippen LogP contribution in [0.25, 0.3) is 0 Å². The molecule has 0 saturated carbocycles. The van der Waals surface area contributed by atoms with E-state index >= 15 is 0 Å². The van der Waals surface area contributed by atoms with Crippen LogP contribution in [0.5, 0.6) is 11.5 Å². The number of amides is 1. The number of halogens is 1. The van der Waals surface area contributed by atoms with E-state index in [-0.39, 0.29) is 22.0 Å². The first kappa shape index (κ1) is 22.0. The lowest BCUT2D eigenvalue weighted by atomic mass is 10.1. The van der Waals surface area contributed by atoms with Crippen LogP contribution in [0.2, 0.25) is 5.02 Å². The van der Waals surface area contributed by atoms with E-state index in [0.717, 1.165) is 6.07 Å². The average molecular weight is 423 g/mol. The topological polar surface area (TPSA) is 117 Å². The molecule has 1 amide bonds. The third-order valence-corrected chi connectivity index (χ3v) is 4.39. The van der Waals surface area contributed by atoms with E-state index in [4.69, 9.17) is 25.8 Å². The molecule has 0 heterocycles. The maximum atomic E-state index is 12.4. The summed E-state index contributed by atoms with van der Waals surface area (Å²) in [7, 11) is 2.91. The Morgan fingerprint density at radius 3 is 2.24 bits per heavy atom. The molecule has 2 rings (SSSR count). The number of anilines is 1. The third kappa shape index (κ3) is 5.14. The summed E-state index contributed by atoms with van der Waals surface area (Å²) in [6.45, 7) is 3.13. The van der Waals surface area contributed by atoms with Crippen LogP contribution in [-0.4, -0.2) is 37.1 Å². The van der Waals surface area contributed by atoms with Crippen molar-refractivity contribution in [3.63, 3.8) is 0 Å². The number of esters is 1. The molecule has 0 aliphatic heterocycles. The summed E-state index contributed by atoms with van der Waals surface area (Å²) >= 11 is 5.96. The Bertz CT molecular complexity index is 937. The van der Waals surface area contributed by atoms with E-state index in [1.165, 1.54) is 45.4 Å². The van der Waals surface area contributed by atoms with E-state index in [1.807, 2.05) is 0 Å². The van der Waals surface area contributed by atoms with Gasteiger partial charge in [0.1, 0.15) is 11.5 Å².